The zero-order valence-electron chi connectivity index (χ0n) is 15.2. The summed E-state index contributed by atoms with van der Waals surface area (Å²) in [6, 6.07) is 8.13. The van der Waals surface area contributed by atoms with Crippen molar-refractivity contribution >= 4 is 17.5 Å². The van der Waals surface area contributed by atoms with E-state index in [9.17, 15) is 9.59 Å². The molecule has 1 aliphatic rings. The molecule has 0 unspecified atom stereocenters. The Morgan fingerprint density at radius 1 is 1.11 bits per heavy atom. The number of anilines is 1. The molecule has 1 aliphatic heterocycles. The molecule has 2 heterocycles. The van der Waals surface area contributed by atoms with Crippen molar-refractivity contribution in [2.75, 3.05) is 45.8 Å². The van der Waals surface area contributed by atoms with E-state index in [2.05, 4.69) is 10.3 Å². The van der Waals surface area contributed by atoms with Crippen LogP contribution in [0.3, 0.4) is 0 Å². The van der Waals surface area contributed by atoms with E-state index in [0.29, 0.717) is 49.1 Å². The molecule has 1 N–H and O–H groups in total. The number of pyridine rings is 1. The van der Waals surface area contributed by atoms with Gasteiger partial charge >= 0.3 is 0 Å². The van der Waals surface area contributed by atoms with Crippen LogP contribution in [0.2, 0.25) is 0 Å². The molecule has 27 heavy (non-hydrogen) atoms. The van der Waals surface area contributed by atoms with E-state index in [4.69, 9.17) is 14.2 Å². The van der Waals surface area contributed by atoms with Crippen LogP contribution in [0.1, 0.15) is 20.8 Å². The minimum absolute atomic E-state index is 0.213. The summed E-state index contributed by atoms with van der Waals surface area (Å²) in [6.45, 7) is 2.03. The van der Waals surface area contributed by atoms with Crippen LogP contribution in [-0.2, 0) is 4.74 Å². The Hall–Kier alpha value is -3.13. The smallest absolute Gasteiger partial charge is 0.272 e. The average Bonchev–Trinajstić information content (AvgIpc) is 2.74. The highest BCUT2D eigenvalue weighted by Gasteiger charge is 2.21. The molecule has 1 saturated heterocycles. The summed E-state index contributed by atoms with van der Waals surface area (Å²) in [4.78, 5) is 30.9. The number of carbonyl (C=O) groups excluding carboxylic acids is 2. The van der Waals surface area contributed by atoms with Crippen molar-refractivity contribution < 1.29 is 23.8 Å². The summed E-state index contributed by atoms with van der Waals surface area (Å²) in [5.41, 5.74) is 1.06. The fraction of sp³-hybridized carbons (Fsp3) is 0.316. The number of benzene rings is 1. The molecule has 3 rings (SSSR count). The van der Waals surface area contributed by atoms with Gasteiger partial charge < -0.3 is 24.4 Å². The first kappa shape index (κ1) is 18.7. The van der Waals surface area contributed by atoms with Crippen molar-refractivity contribution in [1.29, 1.82) is 0 Å². The largest absolute Gasteiger partial charge is 0.497 e. The molecule has 1 aromatic carbocycles. The van der Waals surface area contributed by atoms with Crippen molar-refractivity contribution in [2.24, 2.45) is 0 Å². The first-order valence-corrected chi connectivity index (χ1v) is 8.49. The number of nitrogens with one attached hydrogen (secondary N) is 1. The number of carbonyl (C=O) groups is 2. The van der Waals surface area contributed by atoms with Crippen LogP contribution in [0.15, 0.2) is 36.5 Å². The highest BCUT2D eigenvalue weighted by atomic mass is 16.5. The monoisotopic (exact) mass is 371 g/mol. The summed E-state index contributed by atoms with van der Waals surface area (Å²) in [6.07, 6.45) is 1.45. The third-order valence-corrected chi connectivity index (χ3v) is 4.20. The van der Waals surface area contributed by atoms with E-state index in [0.717, 1.165) is 0 Å². The van der Waals surface area contributed by atoms with Gasteiger partial charge in [0.25, 0.3) is 11.8 Å². The highest BCUT2D eigenvalue weighted by molar-refractivity contribution is 6.06. The van der Waals surface area contributed by atoms with E-state index in [-0.39, 0.29) is 17.5 Å². The van der Waals surface area contributed by atoms with Crippen molar-refractivity contribution in [3.05, 3.63) is 47.8 Å². The van der Waals surface area contributed by atoms with Crippen molar-refractivity contribution in [1.82, 2.24) is 9.88 Å². The second-order valence-corrected chi connectivity index (χ2v) is 5.85. The van der Waals surface area contributed by atoms with Gasteiger partial charge in [0, 0.05) is 30.9 Å². The second-order valence-electron chi connectivity index (χ2n) is 5.85. The number of nitrogens with zero attached hydrogens (tertiary/aromatic N) is 2. The van der Waals surface area contributed by atoms with Gasteiger partial charge in [0.15, 0.2) is 0 Å². The van der Waals surface area contributed by atoms with Gasteiger partial charge in [-0.3, -0.25) is 14.6 Å². The first-order valence-electron chi connectivity index (χ1n) is 8.49. The third kappa shape index (κ3) is 4.35. The van der Waals surface area contributed by atoms with E-state index >= 15 is 0 Å². The lowest BCUT2D eigenvalue weighted by Gasteiger charge is -2.26. The van der Waals surface area contributed by atoms with Crippen LogP contribution >= 0.6 is 0 Å². The Kier molecular flexibility index (Phi) is 5.87. The SMILES string of the molecule is COc1ccc(NC(=O)c2ccnc(C(=O)N3CCOCC3)c2)c(OC)c1. The zero-order valence-corrected chi connectivity index (χ0v) is 15.2. The molecule has 1 aromatic heterocycles. The first-order chi connectivity index (χ1) is 13.1. The third-order valence-electron chi connectivity index (χ3n) is 4.20. The Morgan fingerprint density at radius 2 is 1.89 bits per heavy atom. The van der Waals surface area contributed by atoms with Crippen LogP contribution < -0.4 is 14.8 Å². The number of rotatable bonds is 5. The highest BCUT2D eigenvalue weighted by Crippen LogP contribution is 2.29. The lowest BCUT2D eigenvalue weighted by Crippen LogP contribution is -2.41. The van der Waals surface area contributed by atoms with Crippen molar-refractivity contribution in [2.45, 2.75) is 0 Å². The molecule has 1 fully saturated rings. The maximum Gasteiger partial charge on any atom is 0.272 e. The van der Waals surface area contributed by atoms with Gasteiger partial charge in [0.05, 0.1) is 33.1 Å². The van der Waals surface area contributed by atoms with Gasteiger partial charge in [-0.2, -0.15) is 0 Å². The maximum absolute atomic E-state index is 12.6. The van der Waals surface area contributed by atoms with Gasteiger partial charge in [-0.05, 0) is 24.3 Å². The van der Waals surface area contributed by atoms with Crippen molar-refractivity contribution in [3.8, 4) is 11.5 Å². The van der Waals surface area contributed by atoms with E-state index in [1.54, 1.807) is 36.3 Å². The molecule has 0 atom stereocenters. The van der Waals surface area contributed by atoms with Crippen LogP contribution in [0.4, 0.5) is 5.69 Å². The van der Waals surface area contributed by atoms with E-state index < -0.39 is 0 Å². The number of amides is 2. The molecule has 0 saturated carbocycles. The van der Waals surface area contributed by atoms with Gasteiger partial charge in [0.1, 0.15) is 17.2 Å². The summed E-state index contributed by atoms with van der Waals surface area (Å²) in [5, 5.41) is 2.78. The Balaban J connectivity index is 1.76. The van der Waals surface area contributed by atoms with Crippen LogP contribution in [0, 0.1) is 0 Å². The quantitative estimate of drug-likeness (QED) is 0.862. The van der Waals surface area contributed by atoms with Gasteiger partial charge in [-0.15, -0.1) is 0 Å². The molecule has 142 valence electrons. The lowest BCUT2D eigenvalue weighted by atomic mass is 10.2. The van der Waals surface area contributed by atoms with Gasteiger partial charge in [-0.1, -0.05) is 0 Å². The Bertz CT molecular complexity index is 834. The minimum atomic E-state index is -0.364. The molecular formula is C19H21N3O5. The molecule has 0 radical (unpaired) electrons. The number of methoxy groups -OCH3 is 2. The summed E-state index contributed by atoms with van der Waals surface area (Å²) in [5.74, 6) is 0.514. The average molecular weight is 371 g/mol. The predicted octanol–water partition coefficient (Wildman–Crippen LogP) is 1.82. The van der Waals surface area contributed by atoms with Crippen LogP contribution in [0.25, 0.3) is 0 Å². The van der Waals surface area contributed by atoms with Gasteiger partial charge in [-0.25, -0.2) is 0 Å². The van der Waals surface area contributed by atoms with E-state index in [1.165, 1.54) is 19.4 Å². The summed E-state index contributed by atoms with van der Waals surface area (Å²) < 4.78 is 15.7. The molecule has 0 bridgehead atoms. The van der Waals surface area contributed by atoms with E-state index in [1.807, 2.05) is 0 Å². The standard InChI is InChI=1S/C19H21N3O5/c1-25-14-3-4-15(17(12-14)26-2)21-18(23)13-5-6-20-16(11-13)19(24)22-7-9-27-10-8-22/h3-6,11-12H,7-10H2,1-2H3,(H,21,23). The number of hydrogen-bond donors (Lipinski definition) is 1. The Labute approximate surface area is 157 Å². The summed E-state index contributed by atoms with van der Waals surface area (Å²) in [7, 11) is 3.06. The molecule has 2 amide bonds. The van der Waals surface area contributed by atoms with Crippen LogP contribution in [-0.4, -0.2) is 62.2 Å². The zero-order chi connectivity index (χ0) is 19.2. The molecule has 8 heteroatoms. The summed E-state index contributed by atoms with van der Waals surface area (Å²) >= 11 is 0. The van der Waals surface area contributed by atoms with Crippen molar-refractivity contribution in [3.63, 3.8) is 0 Å². The normalized spacial score (nSPS) is 13.8. The number of ether oxygens (including phenoxy) is 3. The molecule has 2 aromatic rings. The molecule has 8 nitrogen and oxygen atoms in total. The lowest BCUT2D eigenvalue weighted by molar-refractivity contribution is 0.0299. The van der Waals surface area contributed by atoms with Gasteiger partial charge in [0.2, 0.25) is 0 Å². The molecular weight excluding hydrogens is 350 g/mol. The number of aromatic nitrogens is 1. The topological polar surface area (TPSA) is 90.0 Å². The predicted molar refractivity (Wildman–Crippen MR) is 98.5 cm³/mol. The number of morpholine rings is 1. The maximum atomic E-state index is 12.6. The second kappa shape index (κ2) is 8.50. The molecule has 0 spiro atoms. The fourth-order valence-electron chi connectivity index (χ4n) is 2.71. The number of hydrogen-bond acceptors (Lipinski definition) is 6. The molecule has 0 aliphatic carbocycles. The van der Waals surface area contributed by atoms with Crippen LogP contribution in [0.5, 0.6) is 11.5 Å². The fourth-order valence-corrected chi connectivity index (χ4v) is 2.71. The Morgan fingerprint density at radius 3 is 2.59 bits per heavy atom. The minimum Gasteiger partial charge on any atom is -0.497 e.